The molecule has 0 atom stereocenters. The van der Waals surface area contributed by atoms with E-state index in [0.29, 0.717) is 21.5 Å². The molecule has 5 nitrogen and oxygen atoms in total. The molecular formula is C24H25N3O2S2. The highest BCUT2D eigenvalue weighted by Gasteiger charge is 2.43. The van der Waals surface area contributed by atoms with E-state index in [1.165, 1.54) is 11.8 Å². The topological polar surface area (TPSA) is 43.9 Å². The highest BCUT2D eigenvalue weighted by atomic mass is 32.2. The Kier molecular flexibility index (Phi) is 6.01. The number of fused-ring (bicyclic) bond motifs is 1. The number of carbonyl (C=O) groups is 2. The molecule has 0 N–H and O–H groups in total. The monoisotopic (exact) mass is 451 g/mol. The summed E-state index contributed by atoms with van der Waals surface area (Å²) in [6.45, 7) is 10.3. The molecule has 160 valence electrons. The second-order valence-electron chi connectivity index (χ2n) is 7.63. The fourth-order valence-corrected chi connectivity index (χ4v) is 5.32. The number of amides is 2. The molecule has 31 heavy (non-hydrogen) atoms. The average molecular weight is 452 g/mol. The Hall–Kier alpha value is -2.48. The smallest absolute Gasteiger partial charge is 0.271 e. The molecule has 0 aliphatic carbocycles. The number of para-hydroxylation sites is 1. The first-order valence-electron chi connectivity index (χ1n) is 10.4. The molecule has 0 aromatic heterocycles. The van der Waals surface area contributed by atoms with Gasteiger partial charge >= 0.3 is 0 Å². The predicted molar refractivity (Wildman–Crippen MR) is 132 cm³/mol. The molecule has 1 saturated heterocycles. The van der Waals surface area contributed by atoms with Gasteiger partial charge in [-0.15, -0.1) is 0 Å². The molecular weight excluding hydrogens is 426 g/mol. The van der Waals surface area contributed by atoms with Gasteiger partial charge in [0.05, 0.1) is 28.5 Å². The summed E-state index contributed by atoms with van der Waals surface area (Å²) in [5, 5.41) is 0. The number of benzene rings is 2. The first kappa shape index (κ1) is 21.7. The number of carbonyl (C=O) groups excluding carboxylic acids is 2. The van der Waals surface area contributed by atoms with Crippen molar-refractivity contribution in [3.8, 4) is 0 Å². The van der Waals surface area contributed by atoms with Crippen LogP contribution in [-0.2, 0) is 9.59 Å². The first-order chi connectivity index (χ1) is 14.9. The summed E-state index contributed by atoms with van der Waals surface area (Å²) < 4.78 is 0.452. The van der Waals surface area contributed by atoms with Crippen LogP contribution in [0.25, 0.3) is 5.57 Å². The van der Waals surface area contributed by atoms with E-state index >= 15 is 0 Å². The molecule has 1 fully saturated rings. The van der Waals surface area contributed by atoms with Crippen LogP contribution in [0, 0.1) is 13.8 Å². The van der Waals surface area contributed by atoms with Gasteiger partial charge in [-0.25, -0.2) is 0 Å². The summed E-state index contributed by atoms with van der Waals surface area (Å²) in [5.74, 6) is -0.374. The van der Waals surface area contributed by atoms with Crippen molar-refractivity contribution >= 4 is 57.1 Å². The molecule has 0 spiro atoms. The molecule has 2 heterocycles. The number of aryl methyl sites for hydroxylation is 1. The Morgan fingerprint density at radius 2 is 1.61 bits per heavy atom. The lowest BCUT2D eigenvalue weighted by molar-refractivity contribution is -0.115. The Labute approximate surface area is 192 Å². The number of hydrogen-bond acceptors (Lipinski definition) is 5. The van der Waals surface area contributed by atoms with E-state index in [0.717, 1.165) is 41.2 Å². The van der Waals surface area contributed by atoms with Crippen molar-refractivity contribution in [1.29, 1.82) is 0 Å². The van der Waals surface area contributed by atoms with E-state index in [1.54, 1.807) is 9.80 Å². The highest BCUT2D eigenvalue weighted by Crippen LogP contribution is 2.46. The zero-order valence-electron chi connectivity index (χ0n) is 18.1. The van der Waals surface area contributed by atoms with Crippen LogP contribution >= 0.6 is 24.0 Å². The van der Waals surface area contributed by atoms with Gasteiger partial charge in [-0.05, 0) is 50.2 Å². The van der Waals surface area contributed by atoms with Crippen LogP contribution < -0.4 is 9.80 Å². The second kappa shape index (κ2) is 8.57. The van der Waals surface area contributed by atoms with Crippen molar-refractivity contribution in [2.24, 2.45) is 0 Å². The maximum Gasteiger partial charge on any atom is 0.271 e. The molecule has 2 amide bonds. The van der Waals surface area contributed by atoms with E-state index in [9.17, 15) is 9.59 Å². The Balaban J connectivity index is 1.80. The standard InChI is InChI=1S/C24H25N3O2S2/c1-5-25(6-2)14-26-19-12-8-7-11-17(19)20(22(26)28)21-23(29)27(24(30)31-21)18-13-9-10-15(3)16(18)4/h7-13H,5-6,14H2,1-4H3. The molecule has 2 aliphatic rings. The number of thiocarbonyl (C=S) groups is 1. The zero-order valence-corrected chi connectivity index (χ0v) is 19.8. The van der Waals surface area contributed by atoms with Crippen LogP contribution in [-0.4, -0.2) is 40.8 Å². The van der Waals surface area contributed by atoms with Gasteiger partial charge in [0.15, 0.2) is 4.32 Å². The average Bonchev–Trinajstić information content (AvgIpc) is 3.20. The number of nitrogens with zero attached hydrogens (tertiary/aromatic N) is 3. The van der Waals surface area contributed by atoms with Crippen LogP contribution in [0.15, 0.2) is 47.4 Å². The third-order valence-electron chi connectivity index (χ3n) is 5.97. The van der Waals surface area contributed by atoms with Crippen molar-refractivity contribution in [3.63, 3.8) is 0 Å². The molecule has 7 heteroatoms. The molecule has 0 unspecified atom stereocenters. The van der Waals surface area contributed by atoms with E-state index in [2.05, 4.69) is 18.7 Å². The molecule has 0 saturated carbocycles. The summed E-state index contributed by atoms with van der Waals surface area (Å²) in [5.41, 5.74) is 4.95. The van der Waals surface area contributed by atoms with Crippen molar-refractivity contribution in [2.75, 3.05) is 29.6 Å². The van der Waals surface area contributed by atoms with Crippen LogP contribution in [0.1, 0.15) is 30.5 Å². The summed E-state index contributed by atoms with van der Waals surface area (Å²) in [4.78, 5) is 33.0. The second-order valence-corrected chi connectivity index (χ2v) is 9.27. The lowest BCUT2D eigenvalue weighted by Gasteiger charge is -2.25. The van der Waals surface area contributed by atoms with Crippen molar-refractivity contribution < 1.29 is 9.59 Å². The predicted octanol–water partition coefficient (Wildman–Crippen LogP) is 4.73. The Morgan fingerprint density at radius 1 is 0.935 bits per heavy atom. The number of anilines is 2. The molecule has 2 aromatic carbocycles. The third-order valence-corrected chi connectivity index (χ3v) is 7.34. The van der Waals surface area contributed by atoms with Gasteiger partial charge in [-0.3, -0.25) is 24.3 Å². The normalized spacial score (nSPS) is 18.5. The minimum atomic E-state index is -0.230. The maximum atomic E-state index is 13.5. The van der Waals surface area contributed by atoms with Gasteiger partial charge in [0.25, 0.3) is 11.8 Å². The Morgan fingerprint density at radius 3 is 2.32 bits per heavy atom. The fourth-order valence-electron chi connectivity index (χ4n) is 3.97. The number of thioether (sulfide) groups is 1. The van der Waals surface area contributed by atoms with Gasteiger partial charge in [0.1, 0.15) is 0 Å². The quantitative estimate of drug-likeness (QED) is 0.486. The van der Waals surface area contributed by atoms with Crippen molar-refractivity contribution in [1.82, 2.24) is 4.90 Å². The highest BCUT2D eigenvalue weighted by molar-refractivity contribution is 8.27. The van der Waals surface area contributed by atoms with Gasteiger partial charge in [-0.2, -0.15) is 0 Å². The van der Waals surface area contributed by atoms with Crippen LogP contribution in [0.2, 0.25) is 0 Å². The summed E-state index contributed by atoms with van der Waals surface area (Å²) in [6.07, 6.45) is 0. The Bertz CT molecular complexity index is 1120. The molecule has 2 aromatic rings. The van der Waals surface area contributed by atoms with Crippen LogP contribution in [0.4, 0.5) is 11.4 Å². The number of hydrogen-bond donors (Lipinski definition) is 0. The molecule has 0 bridgehead atoms. The maximum absolute atomic E-state index is 13.5. The zero-order chi connectivity index (χ0) is 22.3. The van der Waals surface area contributed by atoms with Gasteiger partial charge < -0.3 is 0 Å². The molecule has 4 rings (SSSR count). The summed E-state index contributed by atoms with van der Waals surface area (Å²) in [7, 11) is 0. The minimum absolute atomic E-state index is 0.144. The van der Waals surface area contributed by atoms with Gasteiger partial charge in [-0.1, -0.05) is 68.2 Å². The van der Waals surface area contributed by atoms with Crippen LogP contribution in [0.5, 0.6) is 0 Å². The van der Waals surface area contributed by atoms with E-state index in [-0.39, 0.29) is 11.8 Å². The third kappa shape index (κ3) is 3.60. The van der Waals surface area contributed by atoms with Crippen LogP contribution in [0.3, 0.4) is 0 Å². The largest absolute Gasteiger partial charge is 0.294 e. The molecule has 0 radical (unpaired) electrons. The van der Waals surface area contributed by atoms with Crippen molar-refractivity contribution in [2.45, 2.75) is 27.7 Å². The SMILES string of the molecule is CCN(CC)CN1C(=O)C(=C2SC(=S)N(c3cccc(C)c3C)C2=O)c2ccccc21. The lowest BCUT2D eigenvalue weighted by atomic mass is 10.1. The number of rotatable bonds is 5. The van der Waals surface area contributed by atoms with E-state index in [1.807, 2.05) is 56.3 Å². The summed E-state index contributed by atoms with van der Waals surface area (Å²) >= 11 is 6.80. The van der Waals surface area contributed by atoms with Crippen molar-refractivity contribution in [3.05, 3.63) is 64.1 Å². The minimum Gasteiger partial charge on any atom is -0.294 e. The van der Waals surface area contributed by atoms with Gasteiger partial charge in [0.2, 0.25) is 0 Å². The van der Waals surface area contributed by atoms with Gasteiger partial charge in [0, 0.05) is 5.56 Å². The fraction of sp³-hybridized carbons (Fsp3) is 0.292. The lowest BCUT2D eigenvalue weighted by Crippen LogP contribution is -2.39. The van der Waals surface area contributed by atoms with E-state index < -0.39 is 0 Å². The summed E-state index contributed by atoms with van der Waals surface area (Å²) in [6, 6.07) is 13.5. The van der Waals surface area contributed by atoms with E-state index in [4.69, 9.17) is 12.2 Å². The first-order valence-corrected chi connectivity index (χ1v) is 11.6. The molecule has 2 aliphatic heterocycles.